The van der Waals surface area contributed by atoms with Crippen LogP contribution in [0.3, 0.4) is 0 Å². The normalized spacial score (nSPS) is 10.1. The molecule has 14 heavy (non-hydrogen) atoms. The molecule has 0 saturated heterocycles. The summed E-state index contributed by atoms with van der Waals surface area (Å²) in [5.41, 5.74) is 1.20. The molecule has 1 aromatic carbocycles. The Kier molecular flexibility index (Phi) is 5.26. The molecule has 0 fully saturated rings. The molecule has 0 amide bonds. The van der Waals surface area contributed by atoms with Crippen molar-refractivity contribution in [3.05, 3.63) is 42.5 Å². The molecule has 0 aromatic heterocycles. The van der Waals surface area contributed by atoms with E-state index in [1.54, 1.807) is 0 Å². The molecule has 2 heteroatoms. The van der Waals surface area contributed by atoms with Crippen LogP contribution in [0, 0.1) is 0 Å². The summed E-state index contributed by atoms with van der Waals surface area (Å²) in [6.07, 6.45) is 3.99. The Bertz CT molecular complexity index is 283. The second-order valence-corrected chi connectivity index (χ2v) is 3.68. The zero-order valence-corrected chi connectivity index (χ0v) is 9.33. The first-order valence-corrected chi connectivity index (χ1v) is 5.32. The summed E-state index contributed by atoms with van der Waals surface area (Å²) in [5, 5.41) is 1.11. The summed E-state index contributed by atoms with van der Waals surface area (Å²) in [6, 6.07) is 8.12. The van der Waals surface area contributed by atoms with E-state index >= 15 is 0 Å². The molecular formula is C12H15OSi. The van der Waals surface area contributed by atoms with E-state index in [0.29, 0.717) is 6.61 Å². The third-order valence-electron chi connectivity index (χ3n) is 1.97. The predicted octanol–water partition coefficient (Wildman–Crippen LogP) is 1.96. The summed E-state index contributed by atoms with van der Waals surface area (Å²) in [6.45, 7) is 5.14. The molecule has 1 nitrogen and oxygen atoms in total. The monoisotopic (exact) mass is 203 g/mol. The molecule has 0 N–H and O–H groups in total. The lowest BCUT2D eigenvalue weighted by Crippen LogP contribution is -2.11. The van der Waals surface area contributed by atoms with Gasteiger partial charge in [0.05, 0.1) is 16.8 Å². The number of unbranched alkanes of at least 4 members (excludes halogenated alkanes) is 1. The average Bonchev–Trinajstić information content (AvgIpc) is 2.20. The predicted molar refractivity (Wildman–Crippen MR) is 60.9 cm³/mol. The Morgan fingerprint density at radius 3 is 2.86 bits per heavy atom. The third-order valence-corrected chi connectivity index (χ3v) is 2.46. The van der Waals surface area contributed by atoms with Crippen molar-refractivity contribution in [2.75, 3.05) is 6.61 Å². The number of hydrogen-bond donors (Lipinski definition) is 0. The Morgan fingerprint density at radius 1 is 1.36 bits per heavy atom. The van der Waals surface area contributed by atoms with Gasteiger partial charge in [-0.05, 0) is 18.4 Å². The molecule has 0 aliphatic heterocycles. The maximum absolute atomic E-state index is 5.52. The van der Waals surface area contributed by atoms with E-state index in [2.05, 4.69) is 22.9 Å². The van der Waals surface area contributed by atoms with Crippen molar-refractivity contribution in [1.82, 2.24) is 0 Å². The van der Waals surface area contributed by atoms with E-state index in [-0.39, 0.29) is 0 Å². The van der Waals surface area contributed by atoms with Crippen molar-refractivity contribution in [3.8, 4) is 0 Å². The summed E-state index contributed by atoms with van der Waals surface area (Å²) < 4.78 is 5.52. The van der Waals surface area contributed by atoms with Gasteiger partial charge in [-0.3, -0.25) is 0 Å². The molecule has 3 radical (unpaired) electrons. The van der Waals surface area contributed by atoms with Gasteiger partial charge in [-0.15, -0.1) is 6.58 Å². The van der Waals surface area contributed by atoms with E-state index in [1.807, 2.05) is 24.3 Å². The lowest BCUT2D eigenvalue weighted by Gasteiger charge is -2.06. The molecule has 0 spiro atoms. The van der Waals surface area contributed by atoms with Gasteiger partial charge >= 0.3 is 0 Å². The number of ether oxygens (including phenoxy) is 1. The minimum absolute atomic E-state index is 0.677. The van der Waals surface area contributed by atoms with E-state index in [4.69, 9.17) is 4.74 Å². The summed E-state index contributed by atoms with van der Waals surface area (Å²) >= 11 is 0. The maximum Gasteiger partial charge on any atom is 0.0716 e. The molecule has 73 valence electrons. The molecule has 0 bridgehead atoms. The van der Waals surface area contributed by atoms with E-state index < -0.39 is 0 Å². The zero-order valence-electron chi connectivity index (χ0n) is 8.33. The van der Waals surface area contributed by atoms with Crippen LogP contribution in [0.15, 0.2) is 36.9 Å². The van der Waals surface area contributed by atoms with Gasteiger partial charge in [0.15, 0.2) is 0 Å². The molecule has 0 atom stereocenters. The zero-order chi connectivity index (χ0) is 10.2. The molecular weight excluding hydrogens is 188 g/mol. The molecule has 0 aliphatic rings. The number of benzene rings is 1. The van der Waals surface area contributed by atoms with Gasteiger partial charge in [0.2, 0.25) is 0 Å². The molecule has 1 rings (SSSR count). The maximum atomic E-state index is 5.52. The fourth-order valence-corrected chi connectivity index (χ4v) is 1.41. The van der Waals surface area contributed by atoms with Crippen LogP contribution in [0.25, 0.3) is 0 Å². The van der Waals surface area contributed by atoms with Crippen LogP contribution < -0.4 is 5.19 Å². The van der Waals surface area contributed by atoms with Gasteiger partial charge in [-0.25, -0.2) is 0 Å². The highest BCUT2D eigenvalue weighted by atomic mass is 28.1. The van der Waals surface area contributed by atoms with Crippen molar-refractivity contribution in [3.63, 3.8) is 0 Å². The molecule has 0 saturated carbocycles. The Labute approximate surface area is 89.2 Å². The largest absolute Gasteiger partial charge is 0.377 e. The Hall–Kier alpha value is -0.863. The van der Waals surface area contributed by atoms with Crippen LogP contribution in [-0.2, 0) is 11.3 Å². The summed E-state index contributed by atoms with van der Waals surface area (Å²) in [5.74, 6) is 0. The van der Waals surface area contributed by atoms with Gasteiger partial charge in [-0.1, -0.05) is 35.5 Å². The van der Waals surface area contributed by atoms with Gasteiger partial charge in [0.1, 0.15) is 0 Å². The third kappa shape index (κ3) is 3.90. The first kappa shape index (κ1) is 11.2. The number of rotatable bonds is 6. The first-order chi connectivity index (χ1) is 6.84. The van der Waals surface area contributed by atoms with Gasteiger partial charge < -0.3 is 4.74 Å². The first-order valence-electron chi connectivity index (χ1n) is 4.82. The highest BCUT2D eigenvalue weighted by Gasteiger charge is 1.95. The fourth-order valence-electron chi connectivity index (χ4n) is 1.16. The topological polar surface area (TPSA) is 9.23 Å². The van der Waals surface area contributed by atoms with Gasteiger partial charge in [0, 0.05) is 6.61 Å². The average molecular weight is 203 g/mol. The molecule has 0 unspecified atom stereocenters. The number of hydrogen-bond acceptors (Lipinski definition) is 1. The highest BCUT2D eigenvalue weighted by molar-refractivity contribution is 6.33. The Balaban J connectivity index is 2.24. The van der Waals surface area contributed by atoms with Crippen molar-refractivity contribution >= 4 is 15.4 Å². The lowest BCUT2D eigenvalue weighted by molar-refractivity contribution is 0.119. The second-order valence-electron chi connectivity index (χ2n) is 3.14. The van der Waals surface area contributed by atoms with Crippen molar-refractivity contribution < 1.29 is 4.74 Å². The standard InChI is InChI=1S/C12H15OSi/c1-2-3-6-9-13-10-11-7-4-5-8-12(11)14/h2,4-5,7-8H,1,3,6,9-10H2. The lowest BCUT2D eigenvalue weighted by atomic mass is 10.2. The number of allylic oxidation sites excluding steroid dienone is 1. The van der Waals surface area contributed by atoms with E-state index in [0.717, 1.165) is 24.6 Å². The van der Waals surface area contributed by atoms with E-state index in [1.165, 1.54) is 5.56 Å². The van der Waals surface area contributed by atoms with Crippen LogP contribution in [0.1, 0.15) is 18.4 Å². The molecule has 0 aliphatic carbocycles. The summed E-state index contributed by atoms with van der Waals surface area (Å²) in [4.78, 5) is 0. The van der Waals surface area contributed by atoms with Crippen LogP contribution in [0.5, 0.6) is 0 Å². The van der Waals surface area contributed by atoms with Gasteiger partial charge in [0.25, 0.3) is 0 Å². The van der Waals surface area contributed by atoms with Crippen LogP contribution >= 0.6 is 0 Å². The minimum atomic E-state index is 0.677. The van der Waals surface area contributed by atoms with Crippen molar-refractivity contribution in [2.45, 2.75) is 19.4 Å². The Morgan fingerprint density at radius 2 is 2.14 bits per heavy atom. The van der Waals surface area contributed by atoms with Crippen molar-refractivity contribution in [1.29, 1.82) is 0 Å². The molecule has 0 heterocycles. The van der Waals surface area contributed by atoms with Crippen LogP contribution in [-0.4, -0.2) is 16.8 Å². The second kappa shape index (κ2) is 6.57. The molecule has 1 aromatic rings. The van der Waals surface area contributed by atoms with Crippen LogP contribution in [0.4, 0.5) is 0 Å². The summed E-state index contributed by atoms with van der Waals surface area (Å²) in [7, 11) is 3.53. The SMILES string of the molecule is C=CCCCOCc1ccccc1[Si]. The quantitative estimate of drug-likeness (QED) is 0.390. The minimum Gasteiger partial charge on any atom is -0.377 e. The van der Waals surface area contributed by atoms with E-state index in [9.17, 15) is 0 Å². The smallest absolute Gasteiger partial charge is 0.0716 e. The van der Waals surface area contributed by atoms with Crippen molar-refractivity contribution in [2.24, 2.45) is 0 Å². The van der Waals surface area contributed by atoms with Gasteiger partial charge in [-0.2, -0.15) is 0 Å². The highest BCUT2D eigenvalue weighted by Crippen LogP contribution is 1.99. The fraction of sp³-hybridized carbons (Fsp3) is 0.333. The van der Waals surface area contributed by atoms with Crippen LogP contribution in [0.2, 0.25) is 0 Å².